The number of anilines is 2. The molecule has 3 rings (SSSR count). The summed E-state index contributed by atoms with van der Waals surface area (Å²) in [7, 11) is 0. The minimum atomic E-state index is -1.72. The van der Waals surface area contributed by atoms with Crippen LogP contribution < -0.4 is 10.6 Å². The number of hydrogen-bond acceptors (Lipinski definition) is 5. The monoisotopic (exact) mass is 426 g/mol. The summed E-state index contributed by atoms with van der Waals surface area (Å²) in [4.78, 5) is 36.9. The average Bonchev–Trinajstić information content (AvgIpc) is 3.03. The number of ether oxygens (including phenoxy) is 1. The molecule has 0 atom stereocenters. The topological polar surface area (TPSA) is 84.5 Å². The van der Waals surface area contributed by atoms with Crippen LogP contribution in [0, 0.1) is 17.5 Å². The van der Waals surface area contributed by atoms with Gasteiger partial charge in [-0.2, -0.15) is 0 Å². The van der Waals surface area contributed by atoms with E-state index < -0.39 is 41.6 Å². The van der Waals surface area contributed by atoms with Gasteiger partial charge < -0.3 is 15.4 Å². The lowest BCUT2D eigenvalue weighted by Gasteiger charge is -2.13. The molecule has 1 aliphatic rings. The number of rotatable bonds is 5. The molecule has 6 nitrogen and oxygen atoms in total. The number of esters is 1. The lowest BCUT2D eigenvalue weighted by molar-refractivity contribution is -0.119. The van der Waals surface area contributed by atoms with Crippen molar-refractivity contribution in [1.29, 1.82) is 0 Å². The minimum absolute atomic E-state index is 0.215. The molecular formula is C19H17F3N2O4S. The van der Waals surface area contributed by atoms with Crippen molar-refractivity contribution >= 4 is 39.8 Å². The first-order valence-electron chi connectivity index (χ1n) is 8.80. The highest BCUT2D eigenvalue weighted by Gasteiger charge is 2.27. The molecule has 1 heterocycles. The number of benzene rings is 1. The van der Waals surface area contributed by atoms with Crippen molar-refractivity contribution in [3.8, 4) is 0 Å². The number of carbonyl (C=O) groups is 3. The number of nitrogens with one attached hydrogen (secondary N) is 2. The van der Waals surface area contributed by atoms with Gasteiger partial charge in [-0.3, -0.25) is 9.59 Å². The summed E-state index contributed by atoms with van der Waals surface area (Å²) in [6, 6.07) is 1.52. The Morgan fingerprint density at radius 3 is 2.52 bits per heavy atom. The number of thiophene rings is 1. The van der Waals surface area contributed by atoms with E-state index in [1.807, 2.05) is 5.32 Å². The van der Waals surface area contributed by atoms with Crippen LogP contribution in [0.25, 0.3) is 0 Å². The van der Waals surface area contributed by atoms with Gasteiger partial charge in [-0.05, 0) is 43.4 Å². The quantitative estimate of drug-likeness (QED) is 0.563. The largest absolute Gasteiger partial charge is 0.452 e. The molecule has 1 aliphatic carbocycles. The number of fused-ring (bicyclic) bond motifs is 1. The van der Waals surface area contributed by atoms with Gasteiger partial charge in [-0.1, -0.05) is 0 Å². The smallest absolute Gasteiger partial charge is 0.341 e. The first-order valence-corrected chi connectivity index (χ1v) is 9.62. The van der Waals surface area contributed by atoms with E-state index in [0.717, 1.165) is 35.8 Å². The van der Waals surface area contributed by atoms with E-state index in [2.05, 4.69) is 5.32 Å². The zero-order valence-electron chi connectivity index (χ0n) is 15.4. The van der Waals surface area contributed by atoms with E-state index in [0.29, 0.717) is 17.5 Å². The third-order valence-corrected chi connectivity index (χ3v) is 5.52. The van der Waals surface area contributed by atoms with Gasteiger partial charge in [-0.25, -0.2) is 18.0 Å². The molecule has 0 radical (unpaired) electrons. The Labute approximate surface area is 168 Å². The fourth-order valence-electron chi connectivity index (χ4n) is 3.04. The highest BCUT2D eigenvalue weighted by molar-refractivity contribution is 7.17. The molecule has 0 bridgehead atoms. The van der Waals surface area contributed by atoms with Crippen LogP contribution in [0.15, 0.2) is 12.1 Å². The van der Waals surface area contributed by atoms with Crippen LogP contribution >= 0.6 is 11.3 Å². The Morgan fingerprint density at radius 2 is 1.79 bits per heavy atom. The maximum Gasteiger partial charge on any atom is 0.341 e. The number of aryl methyl sites for hydroxylation is 1. The summed E-state index contributed by atoms with van der Waals surface area (Å²) in [6.45, 7) is 0.555. The van der Waals surface area contributed by atoms with Gasteiger partial charge in [0.05, 0.1) is 11.3 Å². The van der Waals surface area contributed by atoms with Crippen molar-refractivity contribution in [2.75, 3.05) is 17.2 Å². The van der Waals surface area contributed by atoms with Gasteiger partial charge in [0, 0.05) is 11.8 Å². The molecule has 1 aromatic carbocycles. The summed E-state index contributed by atoms with van der Waals surface area (Å²) < 4.78 is 44.8. The number of halogens is 3. The second kappa shape index (κ2) is 8.64. The van der Waals surface area contributed by atoms with Crippen molar-refractivity contribution in [3.05, 3.63) is 45.6 Å². The Bertz CT molecular complexity index is 990. The van der Waals surface area contributed by atoms with Gasteiger partial charge in [0.1, 0.15) is 5.00 Å². The van der Waals surface area contributed by atoms with E-state index >= 15 is 0 Å². The number of carbonyl (C=O) groups excluding carboxylic acids is 3. The molecule has 154 valence electrons. The van der Waals surface area contributed by atoms with E-state index in [1.165, 1.54) is 18.3 Å². The van der Waals surface area contributed by atoms with Gasteiger partial charge in [-0.15, -0.1) is 11.3 Å². The summed E-state index contributed by atoms with van der Waals surface area (Å²) in [5.41, 5.74) is 0.436. The van der Waals surface area contributed by atoms with Gasteiger partial charge >= 0.3 is 5.97 Å². The Morgan fingerprint density at radius 1 is 1.07 bits per heavy atom. The molecule has 2 N–H and O–H groups in total. The van der Waals surface area contributed by atoms with Crippen LogP contribution in [0.2, 0.25) is 0 Å². The predicted octanol–water partition coefficient (Wildman–Crippen LogP) is 3.80. The summed E-state index contributed by atoms with van der Waals surface area (Å²) in [5.74, 6) is -6.72. The SMILES string of the molecule is CC(=O)Nc1sc2c(c1C(=O)OCC(=O)Nc1ccc(F)c(F)c1F)CCCC2. The van der Waals surface area contributed by atoms with Gasteiger partial charge in [0.25, 0.3) is 5.91 Å². The molecular weight excluding hydrogens is 409 g/mol. The number of hydrogen-bond donors (Lipinski definition) is 2. The lowest BCUT2D eigenvalue weighted by Crippen LogP contribution is -2.23. The Balaban J connectivity index is 1.71. The average molecular weight is 426 g/mol. The number of amides is 2. The Kier molecular flexibility index (Phi) is 6.21. The molecule has 2 aromatic rings. The Hall–Kier alpha value is -2.88. The first-order chi connectivity index (χ1) is 13.8. The van der Waals surface area contributed by atoms with E-state index in [-0.39, 0.29) is 11.5 Å². The van der Waals surface area contributed by atoms with Crippen molar-refractivity contribution in [1.82, 2.24) is 0 Å². The molecule has 0 aliphatic heterocycles. The highest BCUT2D eigenvalue weighted by atomic mass is 32.1. The van der Waals surface area contributed by atoms with Crippen LogP contribution in [0.4, 0.5) is 23.9 Å². The van der Waals surface area contributed by atoms with Crippen molar-refractivity contribution in [2.24, 2.45) is 0 Å². The van der Waals surface area contributed by atoms with E-state index in [1.54, 1.807) is 0 Å². The maximum atomic E-state index is 13.6. The second-order valence-electron chi connectivity index (χ2n) is 6.44. The lowest BCUT2D eigenvalue weighted by atomic mass is 9.95. The molecule has 2 amide bonds. The molecule has 0 saturated heterocycles. The minimum Gasteiger partial charge on any atom is -0.452 e. The van der Waals surface area contributed by atoms with Crippen LogP contribution in [0.3, 0.4) is 0 Å². The summed E-state index contributed by atoms with van der Waals surface area (Å²) >= 11 is 1.30. The maximum absolute atomic E-state index is 13.6. The van der Waals surface area contributed by atoms with Gasteiger partial charge in [0.2, 0.25) is 5.91 Å². The van der Waals surface area contributed by atoms with E-state index in [4.69, 9.17) is 4.74 Å². The van der Waals surface area contributed by atoms with Gasteiger partial charge in [0.15, 0.2) is 24.1 Å². The normalized spacial score (nSPS) is 12.8. The summed E-state index contributed by atoms with van der Waals surface area (Å²) in [6.07, 6.45) is 3.31. The fourth-order valence-corrected chi connectivity index (χ4v) is 4.37. The van der Waals surface area contributed by atoms with Crippen LogP contribution in [0.5, 0.6) is 0 Å². The first kappa shape index (κ1) is 20.8. The summed E-state index contributed by atoms with van der Waals surface area (Å²) in [5, 5.41) is 4.99. The predicted molar refractivity (Wildman–Crippen MR) is 100 cm³/mol. The highest BCUT2D eigenvalue weighted by Crippen LogP contribution is 2.38. The van der Waals surface area contributed by atoms with Crippen LogP contribution in [0.1, 0.15) is 40.6 Å². The molecule has 0 spiro atoms. The standard InChI is InChI=1S/C19H17F3N2O4S/c1-9(25)23-18-15(10-4-2-3-5-13(10)29-18)19(27)28-8-14(26)24-12-7-6-11(20)16(21)17(12)22/h6-7H,2-5,8H2,1H3,(H,23,25)(H,24,26). The van der Waals surface area contributed by atoms with Crippen LogP contribution in [-0.2, 0) is 27.2 Å². The molecule has 10 heteroatoms. The molecule has 0 fully saturated rings. The second-order valence-corrected chi connectivity index (χ2v) is 7.55. The van der Waals surface area contributed by atoms with Crippen molar-refractivity contribution in [3.63, 3.8) is 0 Å². The zero-order chi connectivity index (χ0) is 21.1. The zero-order valence-corrected chi connectivity index (χ0v) is 16.2. The van der Waals surface area contributed by atoms with Crippen LogP contribution in [-0.4, -0.2) is 24.4 Å². The molecule has 29 heavy (non-hydrogen) atoms. The van der Waals surface area contributed by atoms with E-state index in [9.17, 15) is 27.6 Å². The van der Waals surface area contributed by atoms with Crippen molar-refractivity contribution in [2.45, 2.75) is 32.6 Å². The molecule has 0 saturated carbocycles. The third kappa shape index (κ3) is 4.58. The van der Waals surface area contributed by atoms with Crippen molar-refractivity contribution < 1.29 is 32.3 Å². The third-order valence-electron chi connectivity index (χ3n) is 4.31. The molecule has 1 aromatic heterocycles. The molecule has 0 unspecified atom stereocenters. The fraction of sp³-hybridized carbons (Fsp3) is 0.316.